The van der Waals surface area contributed by atoms with Crippen molar-refractivity contribution in [2.75, 3.05) is 19.5 Å². The molecule has 0 unspecified atom stereocenters. The highest BCUT2D eigenvalue weighted by Crippen LogP contribution is 2.30. The second-order valence-corrected chi connectivity index (χ2v) is 5.05. The zero-order valence-corrected chi connectivity index (χ0v) is 13.2. The van der Waals surface area contributed by atoms with Gasteiger partial charge in [-0.2, -0.15) is 0 Å². The van der Waals surface area contributed by atoms with Crippen molar-refractivity contribution in [1.82, 2.24) is 9.55 Å². The third kappa shape index (κ3) is 2.70. The molecule has 0 aliphatic rings. The maximum Gasteiger partial charge on any atom is 0.258 e. The molecule has 6 nitrogen and oxygen atoms in total. The van der Waals surface area contributed by atoms with Crippen molar-refractivity contribution >= 4 is 22.6 Å². The molecule has 0 radical (unpaired) electrons. The van der Waals surface area contributed by atoms with Crippen LogP contribution in [0.1, 0.15) is 10.4 Å². The van der Waals surface area contributed by atoms with Crippen LogP contribution >= 0.6 is 0 Å². The number of rotatable bonds is 4. The first-order chi connectivity index (χ1) is 11.1. The zero-order chi connectivity index (χ0) is 16.4. The summed E-state index contributed by atoms with van der Waals surface area (Å²) < 4.78 is 12.3. The zero-order valence-electron chi connectivity index (χ0n) is 13.2. The molecule has 3 rings (SSSR count). The summed E-state index contributed by atoms with van der Waals surface area (Å²) in [6.07, 6.45) is 3.47. The maximum absolute atomic E-state index is 12.7. The van der Waals surface area contributed by atoms with Gasteiger partial charge in [0.05, 0.1) is 25.5 Å². The molecule has 0 saturated heterocycles. The minimum atomic E-state index is -0.227. The lowest BCUT2D eigenvalue weighted by atomic mass is 10.2. The van der Waals surface area contributed by atoms with Gasteiger partial charge < -0.3 is 19.4 Å². The summed E-state index contributed by atoms with van der Waals surface area (Å²) in [7, 11) is 4.99. The fourth-order valence-electron chi connectivity index (χ4n) is 2.49. The van der Waals surface area contributed by atoms with Crippen molar-refractivity contribution in [3.63, 3.8) is 0 Å². The Kier molecular flexibility index (Phi) is 3.89. The van der Waals surface area contributed by atoms with E-state index in [1.54, 1.807) is 44.8 Å². The van der Waals surface area contributed by atoms with Crippen LogP contribution in [0.15, 0.2) is 42.7 Å². The van der Waals surface area contributed by atoms with Crippen LogP contribution in [0.25, 0.3) is 11.0 Å². The minimum Gasteiger partial charge on any atom is -0.497 e. The van der Waals surface area contributed by atoms with Gasteiger partial charge >= 0.3 is 0 Å². The van der Waals surface area contributed by atoms with Crippen LogP contribution in [-0.2, 0) is 7.05 Å². The second-order valence-electron chi connectivity index (χ2n) is 5.05. The van der Waals surface area contributed by atoms with Gasteiger partial charge in [-0.3, -0.25) is 4.79 Å². The third-order valence-electron chi connectivity index (χ3n) is 3.63. The summed E-state index contributed by atoms with van der Waals surface area (Å²) in [5.41, 5.74) is 1.87. The molecule has 6 heteroatoms. The van der Waals surface area contributed by atoms with E-state index in [0.29, 0.717) is 22.7 Å². The van der Waals surface area contributed by atoms with Gasteiger partial charge in [-0.05, 0) is 24.3 Å². The molecular weight excluding hydrogens is 294 g/mol. The molecule has 2 aromatic heterocycles. The van der Waals surface area contributed by atoms with E-state index in [4.69, 9.17) is 9.47 Å². The Bertz CT molecular complexity index is 871. The number of aromatic nitrogens is 2. The van der Waals surface area contributed by atoms with Crippen LogP contribution in [-0.4, -0.2) is 29.7 Å². The van der Waals surface area contributed by atoms with E-state index in [1.165, 1.54) is 0 Å². The van der Waals surface area contributed by atoms with Gasteiger partial charge in [0.25, 0.3) is 5.91 Å². The van der Waals surface area contributed by atoms with Crippen LogP contribution in [0, 0.1) is 0 Å². The van der Waals surface area contributed by atoms with Crippen LogP contribution in [0.3, 0.4) is 0 Å². The number of hydrogen-bond acceptors (Lipinski definition) is 4. The lowest BCUT2D eigenvalue weighted by Gasteiger charge is -2.11. The number of nitrogens with one attached hydrogen (secondary N) is 1. The van der Waals surface area contributed by atoms with Crippen LogP contribution in [0.4, 0.5) is 5.69 Å². The van der Waals surface area contributed by atoms with Crippen molar-refractivity contribution in [3.8, 4) is 11.5 Å². The SMILES string of the molecule is COc1ccc(OC)c(NC(=O)c2cn(C)c3ncccc23)c1. The monoisotopic (exact) mass is 311 g/mol. The van der Waals surface area contributed by atoms with Crippen molar-refractivity contribution in [1.29, 1.82) is 0 Å². The average molecular weight is 311 g/mol. The number of nitrogens with zero attached hydrogens (tertiary/aromatic N) is 2. The van der Waals surface area contributed by atoms with Gasteiger partial charge in [-0.25, -0.2) is 4.98 Å². The number of aryl methyl sites for hydroxylation is 1. The standard InChI is InChI=1S/C17H17N3O3/c1-20-10-13(12-5-4-8-18-16(12)20)17(21)19-14-9-11(22-2)6-7-15(14)23-3/h4-10H,1-3H3,(H,19,21). The molecule has 1 amide bonds. The quantitative estimate of drug-likeness (QED) is 0.804. The summed E-state index contributed by atoms with van der Waals surface area (Å²) in [4.78, 5) is 17.0. The van der Waals surface area contributed by atoms with E-state index >= 15 is 0 Å². The molecule has 23 heavy (non-hydrogen) atoms. The number of benzene rings is 1. The van der Waals surface area contributed by atoms with Crippen LogP contribution < -0.4 is 14.8 Å². The number of hydrogen-bond donors (Lipinski definition) is 1. The topological polar surface area (TPSA) is 65.4 Å². The molecule has 0 bridgehead atoms. The van der Waals surface area contributed by atoms with E-state index in [2.05, 4.69) is 10.3 Å². The van der Waals surface area contributed by atoms with Gasteiger partial charge in [0.15, 0.2) is 0 Å². The molecule has 1 aromatic carbocycles. The molecule has 118 valence electrons. The Labute approximate surface area is 133 Å². The maximum atomic E-state index is 12.7. The molecule has 2 heterocycles. The Balaban J connectivity index is 1.98. The molecule has 0 fully saturated rings. The summed E-state index contributed by atoms with van der Waals surface area (Å²) >= 11 is 0. The Morgan fingerprint density at radius 2 is 2.04 bits per heavy atom. The number of anilines is 1. The molecule has 0 atom stereocenters. The summed E-state index contributed by atoms with van der Waals surface area (Å²) in [6, 6.07) is 8.93. The first-order valence-corrected chi connectivity index (χ1v) is 7.07. The Morgan fingerprint density at radius 3 is 2.78 bits per heavy atom. The molecule has 1 N–H and O–H groups in total. The average Bonchev–Trinajstić information content (AvgIpc) is 2.92. The lowest BCUT2D eigenvalue weighted by Crippen LogP contribution is -2.12. The van der Waals surface area contributed by atoms with Crippen LogP contribution in [0.5, 0.6) is 11.5 Å². The summed E-state index contributed by atoms with van der Waals surface area (Å²) in [5.74, 6) is 0.980. The molecular formula is C17H17N3O3. The normalized spacial score (nSPS) is 10.6. The predicted octanol–water partition coefficient (Wildman–Crippen LogP) is 2.84. The number of fused-ring (bicyclic) bond motifs is 1. The number of pyridine rings is 1. The van der Waals surface area contributed by atoms with Gasteiger partial charge in [0, 0.05) is 30.9 Å². The van der Waals surface area contributed by atoms with E-state index in [0.717, 1.165) is 11.0 Å². The number of ether oxygens (including phenoxy) is 2. The smallest absolute Gasteiger partial charge is 0.258 e. The van der Waals surface area contributed by atoms with Gasteiger partial charge in [0.1, 0.15) is 17.1 Å². The van der Waals surface area contributed by atoms with Crippen molar-refractivity contribution < 1.29 is 14.3 Å². The van der Waals surface area contributed by atoms with E-state index in [1.807, 2.05) is 23.7 Å². The highest BCUT2D eigenvalue weighted by molar-refractivity contribution is 6.12. The molecule has 0 spiro atoms. The van der Waals surface area contributed by atoms with E-state index in [9.17, 15) is 4.79 Å². The Hall–Kier alpha value is -3.02. The number of methoxy groups -OCH3 is 2. The first-order valence-electron chi connectivity index (χ1n) is 7.07. The summed E-state index contributed by atoms with van der Waals surface area (Å²) in [5, 5.41) is 3.67. The van der Waals surface area contributed by atoms with Crippen molar-refractivity contribution in [2.24, 2.45) is 7.05 Å². The molecule has 0 saturated carbocycles. The second kappa shape index (κ2) is 6.00. The predicted molar refractivity (Wildman–Crippen MR) is 88.2 cm³/mol. The van der Waals surface area contributed by atoms with Gasteiger partial charge in [-0.15, -0.1) is 0 Å². The Morgan fingerprint density at radius 1 is 1.22 bits per heavy atom. The highest BCUT2D eigenvalue weighted by atomic mass is 16.5. The number of amides is 1. The number of carbonyl (C=O) groups excluding carboxylic acids is 1. The largest absolute Gasteiger partial charge is 0.497 e. The first kappa shape index (κ1) is 14.9. The van der Waals surface area contributed by atoms with Gasteiger partial charge in [0.2, 0.25) is 0 Å². The van der Waals surface area contributed by atoms with Gasteiger partial charge in [-0.1, -0.05) is 0 Å². The molecule has 0 aliphatic carbocycles. The lowest BCUT2D eigenvalue weighted by molar-refractivity contribution is 0.102. The number of carbonyl (C=O) groups is 1. The fraction of sp³-hybridized carbons (Fsp3) is 0.176. The fourth-order valence-corrected chi connectivity index (χ4v) is 2.49. The van der Waals surface area contributed by atoms with Crippen LogP contribution in [0.2, 0.25) is 0 Å². The minimum absolute atomic E-state index is 0.227. The summed E-state index contributed by atoms with van der Waals surface area (Å²) in [6.45, 7) is 0. The molecule has 0 aliphatic heterocycles. The van der Waals surface area contributed by atoms with Crippen molar-refractivity contribution in [3.05, 3.63) is 48.3 Å². The van der Waals surface area contributed by atoms with Crippen molar-refractivity contribution in [2.45, 2.75) is 0 Å². The third-order valence-corrected chi connectivity index (χ3v) is 3.63. The molecule has 3 aromatic rings. The highest BCUT2D eigenvalue weighted by Gasteiger charge is 2.16. The van der Waals surface area contributed by atoms with E-state index < -0.39 is 0 Å². The van der Waals surface area contributed by atoms with E-state index in [-0.39, 0.29) is 5.91 Å².